The van der Waals surface area contributed by atoms with Crippen molar-refractivity contribution in [2.75, 3.05) is 13.2 Å². The second-order valence-electron chi connectivity index (χ2n) is 6.00. The van der Waals surface area contributed by atoms with Crippen molar-refractivity contribution in [3.05, 3.63) is 16.1 Å². The van der Waals surface area contributed by atoms with Crippen LogP contribution in [0.2, 0.25) is 0 Å². The van der Waals surface area contributed by atoms with Crippen molar-refractivity contribution in [3.63, 3.8) is 0 Å². The third-order valence-electron chi connectivity index (χ3n) is 2.86. The fraction of sp³-hybridized carbons (Fsp3) is 0.786. The zero-order valence-electron chi connectivity index (χ0n) is 12.0. The molecule has 104 valence electrons. The molecule has 0 saturated heterocycles. The molecule has 4 heteroatoms. The van der Waals surface area contributed by atoms with Crippen molar-refractivity contribution in [1.82, 2.24) is 10.3 Å². The Morgan fingerprint density at radius 3 is 2.72 bits per heavy atom. The average molecular weight is 270 g/mol. The van der Waals surface area contributed by atoms with Crippen LogP contribution in [0.5, 0.6) is 0 Å². The smallest absolute Gasteiger partial charge is 0.0982 e. The number of hydrogen-bond donors (Lipinski definition) is 2. The van der Waals surface area contributed by atoms with Gasteiger partial charge in [0.05, 0.1) is 10.7 Å². The van der Waals surface area contributed by atoms with Gasteiger partial charge in [-0.25, -0.2) is 4.98 Å². The summed E-state index contributed by atoms with van der Waals surface area (Å²) in [6.45, 7) is 10.8. The molecule has 0 saturated carbocycles. The van der Waals surface area contributed by atoms with Gasteiger partial charge >= 0.3 is 0 Å². The molecule has 2 N–H and O–H groups in total. The van der Waals surface area contributed by atoms with Crippen LogP contribution in [-0.2, 0) is 12.0 Å². The lowest BCUT2D eigenvalue weighted by Gasteiger charge is -2.13. The lowest BCUT2D eigenvalue weighted by Crippen LogP contribution is -2.17. The van der Waals surface area contributed by atoms with Gasteiger partial charge in [0.15, 0.2) is 0 Å². The summed E-state index contributed by atoms with van der Waals surface area (Å²) in [4.78, 5) is 4.65. The summed E-state index contributed by atoms with van der Waals surface area (Å²) in [7, 11) is 0. The number of hydrogen-bond acceptors (Lipinski definition) is 4. The Hall–Kier alpha value is -0.450. The van der Waals surface area contributed by atoms with Crippen LogP contribution >= 0.6 is 11.3 Å². The van der Waals surface area contributed by atoms with Crippen molar-refractivity contribution in [1.29, 1.82) is 0 Å². The normalized spacial score (nSPS) is 13.8. The molecule has 0 spiro atoms. The van der Waals surface area contributed by atoms with Crippen molar-refractivity contribution >= 4 is 11.3 Å². The van der Waals surface area contributed by atoms with Crippen LogP contribution < -0.4 is 5.32 Å². The molecule has 1 unspecified atom stereocenters. The summed E-state index contributed by atoms with van der Waals surface area (Å²) in [6.07, 6.45) is 2.19. The summed E-state index contributed by atoms with van der Waals surface area (Å²) in [5, 5.41) is 15.7. The molecule has 0 aromatic carbocycles. The van der Waals surface area contributed by atoms with Crippen LogP contribution in [0.3, 0.4) is 0 Å². The quantitative estimate of drug-likeness (QED) is 0.749. The van der Waals surface area contributed by atoms with Gasteiger partial charge in [-0.15, -0.1) is 11.3 Å². The number of aliphatic hydroxyl groups is 1. The SMILES string of the molecule is CC(CO)CCCNCc1csc(C(C)(C)C)n1. The maximum atomic E-state index is 8.92. The van der Waals surface area contributed by atoms with Gasteiger partial charge in [0.1, 0.15) is 0 Å². The third kappa shape index (κ3) is 5.46. The summed E-state index contributed by atoms with van der Waals surface area (Å²) in [5.41, 5.74) is 1.29. The Morgan fingerprint density at radius 2 is 2.17 bits per heavy atom. The third-order valence-corrected chi connectivity index (χ3v) is 4.18. The monoisotopic (exact) mass is 270 g/mol. The molecule has 1 heterocycles. The van der Waals surface area contributed by atoms with Gasteiger partial charge in [0.25, 0.3) is 0 Å². The number of aliphatic hydroxyl groups excluding tert-OH is 1. The zero-order valence-corrected chi connectivity index (χ0v) is 12.8. The summed E-state index contributed by atoms with van der Waals surface area (Å²) in [5.74, 6) is 0.415. The summed E-state index contributed by atoms with van der Waals surface area (Å²) >= 11 is 1.74. The molecule has 18 heavy (non-hydrogen) atoms. The second-order valence-corrected chi connectivity index (χ2v) is 6.86. The number of thiazole rings is 1. The summed E-state index contributed by atoms with van der Waals surface area (Å²) in [6, 6.07) is 0. The Bertz CT molecular complexity index is 344. The molecule has 0 amide bonds. The van der Waals surface area contributed by atoms with Crippen molar-refractivity contribution in [2.45, 2.75) is 52.5 Å². The molecule has 1 aromatic rings. The van der Waals surface area contributed by atoms with Crippen LogP contribution in [0.4, 0.5) is 0 Å². The maximum Gasteiger partial charge on any atom is 0.0982 e. The largest absolute Gasteiger partial charge is 0.396 e. The first-order valence-corrected chi connectivity index (χ1v) is 7.58. The molecule has 0 aliphatic rings. The lowest BCUT2D eigenvalue weighted by molar-refractivity contribution is 0.228. The molecule has 0 radical (unpaired) electrons. The van der Waals surface area contributed by atoms with Crippen LogP contribution in [0.1, 0.15) is 51.2 Å². The van der Waals surface area contributed by atoms with E-state index in [9.17, 15) is 0 Å². The standard InChI is InChI=1S/C14H26N2OS/c1-11(9-17)6-5-7-15-8-12-10-18-13(16-12)14(2,3)4/h10-11,15,17H,5-9H2,1-4H3. The highest BCUT2D eigenvalue weighted by Gasteiger charge is 2.17. The molecule has 3 nitrogen and oxygen atoms in total. The lowest BCUT2D eigenvalue weighted by atomic mass is 9.98. The Balaban J connectivity index is 2.22. The first-order valence-electron chi connectivity index (χ1n) is 6.70. The zero-order chi connectivity index (χ0) is 13.6. The first-order chi connectivity index (χ1) is 8.43. The van der Waals surface area contributed by atoms with Gasteiger partial charge in [0.2, 0.25) is 0 Å². The van der Waals surface area contributed by atoms with E-state index < -0.39 is 0 Å². The summed E-state index contributed by atoms with van der Waals surface area (Å²) < 4.78 is 0. The van der Waals surface area contributed by atoms with E-state index in [-0.39, 0.29) is 5.41 Å². The minimum atomic E-state index is 0.152. The Labute approximate surface area is 115 Å². The van der Waals surface area contributed by atoms with Gasteiger partial charge in [-0.2, -0.15) is 0 Å². The van der Waals surface area contributed by atoms with E-state index in [4.69, 9.17) is 5.11 Å². The molecule has 0 bridgehead atoms. The van der Waals surface area contributed by atoms with Gasteiger partial charge < -0.3 is 10.4 Å². The predicted octanol–water partition coefficient (Wildman–Crippen LogP) is 2.94. The second kappa shape index (κ2) is 7.22. The van der Waals surface area contributed by atoms with E-state index in [1.54, 1.807) is 11.3 Å². The van der Waals surface area contributed by atoms with Gasteiger partial charge in [-0.1, -0.05) is 27.7 Å². The van der Waals surface area contributed by atoms with Crippen LogP contribution in [-0.4, -0.2) is 23.2 Å². The van der Waals surface area contributed by atoms with Gasteiger partial charge in [0, 0.05) is 23.9 Å². The highest BCUT2D eigenvalue weighted by atomic mass is 32.1. The van der Waals surface area contributed by atoms with E-state index in [1.165, 1.54) is 5.01 Å². The fourth-order valence-electron chi connectivity index (χ4n) is 1.62. The Morgan fingerprint density at radius 1 is 1.44 bits per heavy atom. The number of nitrogens with zero attached hydrogens (tertiary/aromatic N) is 1. The van der Waals surface area contributed by atoms with E-state index in [0.29, 0.717) is 12.5 Å². The minimum absolute atomic E-state index is 0.152. The minimum Gasteiger partial charge on any atom is -0.396 e. The molecule has 1 rings (SSSR count). The molecular weight excluding hydrogens is 244 g/mol. The van der Waals surface area contributed by atoms with Crippen molar-refractivity contribution in [2.24, 2.45) is 5.92 Å². The first kappa shape index (κ1) is 15.6. The number of aromatic nitrogens is 1. The van der Waals surface area contributed by atoms with E-state index in [2.05, 4.69) is 43.4 Å². The molecule has 1 aromatic heterocycles. The topological polar surface area (TPSA) is 45.1 Å². The van der Waals surface area contributed by atoms with Gasteiger partial charge in [-0.3, -0.25) is 0 Å². The van der Waals surface area contributed by atoms with Crippen LogP contribution in [0.25, 0.3) is 0 Å². The Kier molecular flexibility index (Phi) is 6.26. The fourth-order valence-corrected chi connectivity index (χ4v) is 2.52. The average Bonchev–Trinajstić information content (AvgIpc) is 2.76. The highest BCUT2D eigenvalue weighted by molar-refractivity contribution is 7.09. The van der Waals surface area contributed by atoms with E-state index in [0.717, 1.165) is 31.6 Å². The van der Waals surface area contributed by atoms with E-state index >= 15 is 0 Å². The van der Waals surface area contributed by atoms with Crippen molar-refractivity contribution in [3.8, 4) is 0 Å². The van der Waals surface area contributed by atoms with E-state index in [1.807, 2.05) is 0 Å². The number of rotatable bonds is 7. The predicted molar refractivity (Wildman–Crippen MR) is 78.0 cm³/mol. The molecule has 0 fully saturated rings. The molecule has 1 atom stereocenters. The molecule has 0 aliphatic carbocycles. The number of nitrogens with one attached hydrogen (secondary N) is 1. The maximum absolute atomic E-state index is 8.92. The molecule has 0 aliphatic heterocycles. The van der Waals surface area contributed by atoms with Crippen molar-refractivity contribution < 1.29 is 5.11 Å². The molecular formula is C14H26N2OS. The van der Waals surface area contributed by atoms with Gasteiger partial charge in [-0.05, 0) is 25.3 Å². The van der Waals surface area contributed by atoms with Crippen LogP contribution in [0.15, 0.2) is 5.38 Å². The van der Waals surface area contributed by atoms with Crippen LogP contribution in [0, 0.1) is 5.92 Å². The highest BCUT2D eigenvalue weighted by Crippen LogP contribution is 2.25.